The summed E-state index contributed by atoms with van der Waals surface area (Å²) < 4.78 is 71.5. The van der Waals surface area contributed by atoms with Gasteiger partial charge in [-0.15, -0.1) is 0 Å². The van der Waals surface area contributed by atoms with E-state index in [2.05, 4.69) is 19.9 Å². The highest BCUT2D eigenvalue weighted by Crippen LogP contribution is 2.58. The quantitative estimate of drug-likeness (QED) is 0.243. The molecule has 4 heterocycles. The Hall–Kier alpha value is -3.78. The predicted molar refractivity (Wildman–Crippen MR) is 180 cm³/mol. The average Bonchev–Trinajstić information content (AvgIpc) is 3.45. The summed E-state index contributed by atoms with van der Waals surface area (Å²) in [6, 6.07) is 5.71. The molecule has 7 fully saturated rings. The summed E-state index contributed by atoms with van der Waals surface area (Å²) in [7, 11) is 0. The van der Waals surface area contributed by atoms with Crippen molar-refractivity contribution < 1.29 is 41.7 Å². The number of hydrogen-bond donors (Lipinski definition) is 2. The van der Waals surface area contributed by atoms with Crippen LogP contribution in [-0.2, 0) is 15.5 Å². The van der Waals surface area contributed by atoms with Crippen LogP contribution < -0.4 is 10.1 Å². The van der Waals surface area contributed by atoms with Crippen LogP contribution in [0.1, 0.15) is 86.8 Å². The number of aromatic nitrogens is 3. The van der Waals surface area contributed by atoms with E-state index < -0.39 is 40.5 Å². The van der Waals surface area contributed by atoms with Gasteiger partial charge >= 0.3 is 5.97 Å². The number of nitrogens with one attached hydrogen (secondary N) is 1. The second-order valence-corrected chi connectivity index (χ2v) is 16.4. The van der Waals surface area contributed by atoms with E-state index in [1.165, 1.54) is 0 Å². The van der Waals surface area contributed by atoms with Crippen molar-refractivity contribution in [1.82, 2.24) is 24.8 Å². The second kappa shape index (κ2) is 12.1. The Labute approximate surface area is 298 Å². The van der Waals surface area contributed by atoms with E-state index in [0.29, 0.717) is 87.2 Å². The topological polar surface area (TPSA) is 119 Å². The third kappa shape index (κ3) is 5.66. The molecule has 278 valence electrons. The first-order chi connectivity index (χ1) is 24.8. The molecule has 1 aromatic carbocycles. The zero-order valence-corrected chi connectivity index (χ0v) is 29.0. The molecule has 10 nitrogen and oxygen atoms in total. The number of likely N-dealkylation sites (tertiary alicyclic amines) is 1. The van der Waals surface area contributed by atoms with Crippen molar-refractivity contribution in [3.05, 3.63) is 41.9 Å². The second-order valence-electron chi connectivity index (χ2n) is 16.4. The number of ether oxygens (including phenoxy) is 2. The SMILES string of the molecule is CC(F)(F)c1nc(-c2cn(C3CCOCC3)c3cc(OC4CC(N5CC(F)(F)C5)C4)ccc23)ncc1C(=O)NC1(C(=O)O)C2CC3CC(C2)CC1C3. The van der Waals surface area contributed by atoms with Gasteiger partial charge in [0.1, 0.15) is 23.1 Å². The van der Waals surface area contributed by atoms with Crippen molar-refractivity contribution in [3.8, 4) is 17.1 Å². The standard InChI is InChI=1S/C38H43F4N5O5/c1-36(39,40)32-29(34(48)45-38(35(49)50)22-9-20-8-21(11-22)12-23(38)10-20)16-43-33(44-32)30-17-47(24-4-6-51-7-5-24)31-15-26(2-3-28(30)31)52-27-13-25(14-27)46-18-37(41,42)19-46/h2-3,15-17,20-25,27H,4-14,18-19H2,1H3,(H,45,48)(H,49,50). The number of rotatable bonds is 9. The number of aliphatic carboxylic acids is 1. The normalized spacial score (nSPS) is 32.7. The molecule has 0 unspecified atom stereocenters. The Bertz CT molecular complexity index is 1880. The summed E-state index contributed by atoms with van der Waals surface area (Å²) in [4.78, 5) is 37.4. The number of benzene rings is 1. The zero-order valence-electron chi connectivity index (χ0n) is 29.0. The summed E-state index contributed by atoms with van der Waals surface area (Å²) in [5.41, 5.74) is -1.39. The van der Waals surface area contributed by atoms with Crippen LogP contribution in [0.2, 0.25) is 0 Å². The number of hydrogen-bond acceptors (Lipinski definition) is 7. The third-order valence-electron chi connectivity index (χ3n) is 12.9. The van der Waals surface area contributed by atoms with Crippen LogP contribution in [0.25, 0.3) is 22.3 Å². The molecule has 14 heteroatoms. The number of carbonyl (C=O) groups is 2. The monoisotopic (exact) mass is 725 g/mol. The molecule has 0 radical (unpaired) electrons. The fraction of sp³-hybridized carbons (Fsp3) is 0.632. The molecule has 10 rings (SSSR count). The molecule has 0 atom stereocenters. The van der Waals surface area contributed by atoms with Crippen molar-refractivity contribution in [3.63, 3.8) is 0 Å². The van der Waals surface area contributed by atoms with Gasteiger partial charge in [0, 0.05) is 74.5 Å². The van der Waals surface area contributed by atoms with Gasteiger partial charge < -0.3 is 24.5 Å². The van der Waals surface area contributed by atoms with Gasteiger partial charge in [-0.05, 0) is 80.8 Å². The fourth-order valence-corrected chi connectivity index (χ4v) is 10.5. The van der Waals surface area contributed by atoms with Gasteiger partial charge in [-0.25, -0.2) is 23.5 Å². The lowest BCUT2D eigenvalue weighted by atomic mass is 9.48. The highest BCUT2D eigenvalue weighted by atomic mass is 19.3. The Kier molecular flexibility index (Phi) is 7.93. The van der Waals surface area contributed by atoms with Crippen LogP contribution in [0.5, 0.6) is 5.75 Å². The molecule has 5 aliphatic carbocycles. The Morgan fingerprint density at radius 1 is 1.00 bits per heavy atom. The summed E-state index contributed by atoms with van der Waals surface area (Å²) >= 11 is 0. The Balaban J connectivity index is 1.02. The van der Waals surface area contributed by atoms with Gasteiger partial charge in [0.2, 0.25) is 0 Å². The number of halogens is 4. The van der Waals surface area contributed by atoms with E-state index in [4.69, 9.17) is 9.47 Å². The molecule has 2 aromatic heterocycles. The first-order valence-corrected chi connectivity index (χ1v) is 18.6. The van der Waals surface area contributed by atoms with Crippen molar-refractivity contribution in [2.75, 3.05) is 26.3 Å². The minimum atomic E-state index is -3.53. The lowest BCUT2D eigenvalue weighted by Crippen LogP contribution is -2.70. The van der Waals surface area contributed by atoms with E-state index in [1.807, 2.05) is 18.3 Å². The smallest absolute Gasteiger partial charge is 0.330 e. The van der Waals surface area contributed by atoms with E-state index in [-0.39, 0.29) is 48.9 Å². The molecule has 1 amide bonds. The lowest BCUT2D eigenvalue weighted by Gasteiger charge is -2.59. The molecule has 2 saturated heterocycles. The minimum Gasteiger partial charge on any atom is -0.490 e. The highest BCUT2D eigenvalue weighted by Gasteiger charge is 2.62. The maximum absolute atomic E-state index is 15.4. The number of nitrogens with zero attached hydrogens (tertiary/aromatic N) is 4. The van der Waals surface area contributed by atoms with Gasteiger partial charge in [-0.3, -0.25) is 9.69 Å². The van der Waals surface area contributed by atoms with Crippen LogP contribution in [-0.4, -0.2) is 86.3 Å². The third-order valence-corrected chi connectivity index (χ3v) is 12.9. The maximum atomic E-state index is 15.4. The van der Waals surface area contributed by atoms with Gasteiger partial charge in [0.25, 0.3) is 17.8 Å². The van der Waals surface area contributed by atoms with Crippen molar-refractivity contribution in [2.24, 2.45) is 23.7 Å². The molecular weight excluding hydrogens is 682 g/mol. The molecule has 2 N–H and O–H groups in total. The van der Waals surface area contributed by atoms with Gasteiger partial charge in [-0.2, -0.15) is 8.78 Å². The van der Waals surface area contributed by atoms with Gasteiger partial charge in [-0.1, -0.05) is 0 Å². The van der Waals surface area contributed by atoms with Crippen LogP contribution >= 0.6 is 0 Å². The van der Waals surface area contributed by atoms with Crippen molar-refractivity contribution >= 4 is 22.8 Å². The molecular formula is C38H43F4N5O5. The Morgan fingerprint density at radius 2 is 1.67 bits per heavy atom. The maximum Gasteiger partial charge on any atom is 0.330 e. The van der Waals surface area contributed by atoms with Crippen LogP contribution in [0.15, 0.2) is 30.6 Å². The molecule has 3 aromatic rings. The Morgan fingerprint density at radius 3 is 2.29 bits per heavy atom. The number of amides is 1. The van der Waals surface area contributed by atoms with Crippen molar-refractivity contribution in [2.45, 2.75) is 100 Å². The van der Waals surface area contributed by atoms with Crippen LogP contribution in [0, 0.1) is 23.7 Å². The van der Waals surface area contributed by atoms with E-state index in [0.717, 1.165) is 31.0 Å². The molecule has 7 aliphatic rings. The molecule has 4 bridgehead atoms. The number of carboxylic acid groups (broad SMARTS) is 1. The zero-order chi connectivity index (χ0) is 36.2. The summed E-state index contributed by atoms with van der Waals surface area (Å²) in [5.74, 6) is -7.12. The number of carbonyl (C=O) groups excluding carboxylic acids is 1. The van der Waals surface area contributed by atoms with Gasteiger partial charge in [0.15, 0.2) is 5.82 Å². The van der Waals surface area contributed by atoms with Crippen molar-refractivity contribution in [1.29, 1.82) is 0 Å². The first-order valence-electron chi connectivity index (χ1n) is 18.6. The average molecular weight is 726 g/mol. The molecule has 52 heavy (non-hydrogen) atoms. The van der Waals surface area contributed by atoms with Crippen LogP contribution in [0.4, 0.5) is 17.6 Å². The molecule has 2 aliphatic heterocycles. The van der Waals surface area contributed by atoms with Gasteiger partial charge in [0.05, 0.1) is 24.2 Å². The number of alkyl halides is 4. The number of carboxylic acids is 1. The van der Waals surface area contributed by atoms with E-state index >= 15 is 8.78 Å². The molecule has 5 saturated carbocycles. The predicted octanol–water partition coefficient (Wildman–Crippen LogP) is 6.43. The summed E-state index contributed by atoms with van der Waals surface area (Å²) in [6.07, 6.45) is 9.58. The summed E-state index contributed by atoms with van der Waals surface area (Å²) in [5, 5.41) is 14.0. The highest BCUT2D eigenvalue weighted by molar-refractivity contribution is 6.00. The first kappa shape index (κ1) is 34.0. The minimum absolute atomic E-state index is 0.0216. The lowest BCUT2D eigenvalue weighted by molar-refractivity contribution is -0.165. The molecule has 0 spiro atoms. The van der Waals surface area contributed by atoms with E-state index in [9.17, 15) is 23.5 Å². The fourth-order valence-electron chi connectivity index (χ4n) is 10.5. The van der Waals surface area contributed by atoms with E-state index in [1.54, 1.807) is 11.0 Å². The largest absolute Gasteiger partial charge is 0.490 e. The van der Waals surface area contributed by atoms with Crippen LogP contribution in [0.3, 0.4) is 0 Å². The number of fused-ring (bicyclic) bond motifs is 1. The summed E-state index contributed by atoms with van der Waals surface area (Å²) in [6.45, 7) is 1.41.